The van der Waals surface area contributed by atoms with Crippen molar-refractivity contribution in [3.63, 3.8) is 0 Å². The first-order valence-electron chi connectivity index (χ1n) is 13.7. The van der Waals surface area contributed by atoms with Crippen LogP contribution in [0.15, 0.2) is 93.9 Å². The Balaban J connectivity index is 1.58. The van der Waals surface area contributed by atoms with E-state index in [0.29, 0.717) is 43.2 Å². The molecule has 1 aromatic heterocycles. The third-order valence-electron chi connectivity index (χ3n) is 6.63. The van der Waals surface area contributed by atoms with E-state index in [4.69, 9.17) is 14.2 Å². The topological polar surface area (TPSA) is 79.1 Å². The first-order valence-corrected chi connectivity index (χ1v) is 14.5. The average Bonchev–Trinajstić information content (AvgIpc) is 3.26. The third kappa shape index (κ3) is 6.06. The molecule has 0 amide bonds. The first kappa shape index (κ1) is 29.0. The molecular formula is C33H31FN2O5S. The minimum Gasteiger partial charge on any atom is -0.491 e. The SMILES string of the molecule is CCOC(=O)C1=C(C)N=c2s/c(=C\c3ccccc3OCc3ccccc3F)c(=O)n2[C@H]1c1ccc(OC(C)C)cc1. The van der Waals surface area contributed by atoms with Gasteiger partial charge in [0.05, 0.1) is 34.6 Å². The molecule has 2 heterocycles. The van der Waals surface area contributed by atoms with Crippen LogP contribution in [0, 0.1) is 5.82 Å². The predicted octanol–water partition coefficient (Wildman–Crippen LogP) is 5.30. The number of thiazole rings is 1. The summed E-state index contributed by atoms with van der Waals surface area (Å²) >= 11 is 1.22. The molecule has 0 fully saturated rings. The van der Waals surface area contributed by atoms with Crippen LogP contribution in [-0.2, 0) is 16.1 Å². The summed E-state index contributed by atoms with van der Waals surface area (Å²) in [7, 11) is 0. The van der Waals surface area contributed by atoms with Crippen LogP contribution in [0.4, 0.5) is 4.39 Å². The molecule has 0 saturated carbocycles. The average molecular weight is 587 g/mol. The Bertz CT molecular complexity index is 1820. The Morgan fingerprint density at radius 1 is 1.07 bits per heavy atom. The van der Waals surface area contributed by atoms with Crippen LogP contribution in [0.3, 0.4) is 0 Å². The molecule has 216 valence electrons. The maximum Gasteiger partial charge on any atom is 0.338 e. The van der Waals surface area contributed by atoms with Crippen molar-refractivity contribution in [1.82, 2.24) is 4.57 Å². The van der Waals surface area contributed by atoms with Crippen LogP contribution >= 0.6 is 11.3 Å². The van der Waals surface area contributed by atoms with Crippen LogP contribution in [0.5, 0.6) is 11.5 Å². The molecule has 4 aromatic rings. The Morgan fingerprint density at radius 2 is 1.79 bits per heavy atom. The molecule has 0 bridgehead atoms. The lowest BCUT2D eigenvalue weighted by molar-refractivity contribution is -0.139. The van der Waals surface area contributed by atoms with Crippen molar-refractivity contribution in [3.05, 3.63) is 126 Å². The maximum absolute atomic E-state index is 14.2. The highest BCUT2D eigenvalue weighted by atomic mass is 32.1. The molecule has 9 heteroatoms. The quantitative estimate of drug-likeness (QED) is 0.249. The van der Waals surface area contributed by atoms with E-state index in [-0.39, 0.29) is 30.7 Å². The Labute approximate surface area is 246 Å². The molecule has 1 aliphatic heterocycles. The van der Waals surface area contributed by atoms with Crippen molar-refractivity contribution < 1.29 is 23.4 Å². The van der Waals surface area contributed by atoms with E-state index in [1.165, 1.54) is 22.0 Å². The van der Waals surface area contributed by atoms with Gasteiger partial charge in [-0.15, -0.1) is 0 Å². The van der Waals surface area contributed by atoms with Gasteiger partial charge in [-0.2, -0.15) is 0 Å². The van der Waals surface area contributed by atoms with Gasteiger partial charge in [-0.3, -0.25) is 9.36 Å². The number of nitrogens with zero attached hydrogens (tertiary/aromatic N) is 2. The van der Waals surface area contributed by atoms with Gasteiger partial charge in [-0.1, -0.05) is 59.9 Å². The minimum absolute atomic E-state index is 0.00401. The van der Waals surface area contributed by atoms with Gasteiger partial charge in [-0.05, 0) is 63.6 Å². The zero-order chi connectivity index (χ0) is 29.8. The molecule has 5 rings (SSSR count). The zero-order valence-corrected chi connectivity index (χ0v) is 24.6. The van der Waals surface area contributed by atoms with Crippen molar-refractivity contribution in [2.45, 2.75) is 46.4 Å². The lowest BCUT2D eigenvalue weighted by atomic mass is 9.96. The van der Waals surface area contributed by atoms with E-state index >= 15 is 0 Å². The molecule has 3 aromatic carbocycles. The second-order valence-corrected chi connectivity index (χ2v) is 11.0. The van der Waals surface area contributed by atoms with Gasteiger partial charge in [0.2, 0.25) is 0 Å². The number of benzene rings is 3. The van der Waals surface area contributed by atoms with Gasteiger partial charge in [0.25, 0.3) is 5.56 Å². The highest BCUT2D eigenvalue weighted by Gasteiger charge is 2.33. The van der Waals surface area contributed by atoms with Crippen LogP contribution in [-0.4, -0.2) is 23.2 Å². The standard InChI is InChI=1S/C33H31FN2O5S/c1-5-39-32(38)29-21(4)35-33-36(30(29)22-14-16-25(17-15-22)41-20(2)3)31(37)28(42-33)18-23-10-7-9-13-27(23)40-19-24-11-6-8-12-26(24)34/h6-18,20,30H,5,19H2,1-4H3/b28-18-/t30-/m0/s1. The number of halogens is 1. The maximum atomic E-state index is 14.2. The number of hydrogen-bond acceptors (Lipinski definition) is 7. The summed E-state index contributed by atoms with van der Waals surface area (Å²) in [6, 6.07) is 20.3. The van der Waals surface area contributed by atoms with Gasteiger partial charge in [0, 0.05) is 11.1 Å². The largest absolute Gasteiger partial charge is 0.491 e. The van der Waals surface area contributed by atoms with Gasteiger partial charge in [-0.25, -0.2) is 14.2 Å². The van der Waals surface area contributed by atoms with Gasteiger partial charge in [0.1, 0.15) is 23.9 Å². The molecule has 0 N–H and O–H groups in total. The normalized spacial score (nSPS) is 14.9. The van der Waals surface area contributed by atoms with E-state index in [9.17, 15) is 14.0 Å². The fraction of sp³-hybridized carbons (Fsp3) is 0.242. The number of ether oxygens (including phenoxy) is 3. The fourth-order valence-corrected chi connectivity index (χ4v) is 5.79. The van der Waals surface area contributed by atoms with Gasteiger partial charge >= 0.3 is 5.97 Å². The van der Waals surface area contributed by atoms with E-state index in [1.54, 1.807) is 44.2 Å². The fourth-order valence-electron chi connectivity index (χ4n) is 4.75. The number of carbonyl (C=O) groups excluding carboxylic acids is 1. The van der Waals surface area contributed by atoms with Gasteiger partial charge in [0.15, 0.2) is 4.80 Å². The number of para-hydroxylation sites is 1. The number of hydrogen-bond donors (Lipinski definition) is 0. The predicted molar refractivity (Wildman–Crippen MR) is 160 cm³/mol. The second kappa shape index (κ2) is 12.6. The monoisotopic (exact) mass is 586 g/mol. The summed E-state index contributed by atoms with van der Waals surface area (Å²) in [5.74, 6) is 0.325. The summed E-state index contributed by atoms with van der Waals surface area (Å²) in [6.45, 7) is 7.61. The number of aromatic nitrogens is 1. The summed E-state index contributed by atoms with van der Waals surface area (Å²) < 4.78 is 33.2. The Hall–Kier alpha value is -4.50. The summed E-state index contributed by atoms with van der Waals surface area (Å²) in [6.07, 6.45) is 1.74. The van der Waals surface area contributed by atoms with Crippen LogP contribution in [0.2, 0.25) is 0 Å². The molecule has 0 saturated heterocycles. The molecule has 42 heavy (non-hydrogen) atoms. The second-order valence-electron chi connectivity index (χ2n) is 9.96. The Morgan fingerprint density at radius 3 is 2.50 bits per heavy atom. The number of esters is 1. The van der Waals surface area contributed by atoms with Gasteiger partial charge < -0.3 is 14.2 Å². The van der Waals surface area contributed by atoms with Crippen LogP contribution in [0.25, 0.3) is 6.08 Å². The van der Waals surface area contributed by atoms with E-state index in [1.807, 2.05) is 56.3 Å². The van der Waals surface area contributed by atoms with Crippen LogP contribution in [0.1, 0.15) is 50.4 Å². The molecule has 0 radical (unpaired) electrons. The first-order chi connectivity index (χ1) is 20.3. The molecule has 1 atom stereocenters. The molecular weight excluding hydrogens is 555 g/mol. The number of allylic oxidation sites excluding steroid dienone is 1. The van der Waals surface area contributed by atoms with E-state index in [0.717, 1.165) is 5.56 Å². The third-order valence-corrected chi connectivity index (χ3v) is 7.61. The lowest BCUT2D eigenvalue weighted by Crippen LogP contribution is -2.39. The molecule has 1 aliphatic rings. The lowest BCUT2D eigenvalue weighted by Gasteiger charge is -2.25. The van der Waals surface area contributed by atoms with E-state index < -0.39 is 12.0 Å². The minimum atomic E-state index is -0.733. The smallest absolute Gasteiger partial charge is 0.338 e. The van der Waals surface area contributed by atoms with Crippen molar-refractivity contribution in [2.75, 3.05) is 6.61 Å². The van der Waals surface area contributed by atoms with Crippen molar-refractivity contribution in [1.29, 1.82) is 0 Å². The molecule has 7 nitrogen and oxygen atoms in total. The van der Waals surface area contributed by atoms with Crippen molar-refractivity contribution in [3.8, 4) is 11.5 Å². The highest BCUT2D eigenvalue weighted by Crippen LogP contribution is 2.32. The van der Waals surface area contributed by atoms with E-state index in [2.05, 4.69) is 4.99 Å². The highest BCUT2D eigenvalue weighted by molar-refractivity contribution is 7.07. The van der Waals surface area contributed by atoms with Crippen molar-refractivity contribution in [2.24, 2.45) is 4.99 Å². The molecule has 0 unspecified atom stereocenters. The summed E-state index contributed by atoms with van der Waals surface area (Å²) in [5.41, 5.74) is 2.31. The Kier molecular flexibility index (Phi) is 8.68. The molecule has 0 aliphatic carbocycles. The molecule has 0 spiro atoms. The number of carbonyl (C=O) groups is 1. The number of rotatable bonds is 9. The summed E-state index contributed by atoms with van der Waals surface area (Å²) in [5, 5.41) is 0. The van der Waals surface area contributed by atoms with Crippen molar-refractivity contribution >= 4 is 23.4 Å². The zero-order valence-electron chi connectivity index (χ0n) is 23.8. The number of fused-ring (bicyclic) bond motifs is 1. The summed E-state index contributed by atoms with van der Waals surface area (Å²) in [4.78, 5) is 32.2. The van der Waals surface area contributed by atoms with Crippen LogP contribution < -0.4 is 24.4 Å².